The quantitative estimate of drug-likeness (QED) is 0.780. The van der Waals surface area contributed by atoms with Gasteiger partial charge in [0.1, 0.15) is 18.5 Å². The maximum atomic E-state index is 11.4. The first-order valence-electron chi connectivity index (χ1n) is 8.31. The molecule has 0 radical (unpaired) electrons. The zero-order valence-corrected chi connectivity index (χ0v) is 14.7. The van der Waals surface area contributed by atoms with Gasteiger partial charge in [0.05, 0.1) is 0 Å². The molecule has 1 aliphatic heterocycles. The lowest BCUT2D eigenvalue weighted by Gasteiger charge is -2.26. The SMILES string of the molecule is CC(=O)c1cccc(OC[C@@H](O)CN2CCC[C@@H]2c2ccsc2)c1. The third-order valence-corrected chi connectivity index (χ3v) is 5.12. The summed E-state index contributed by atoms with van der Waals surface area (Å²) in [5, 5.41) is 14.6. The van der Waals surface area contributed by atoms with E-state index in [9.17, 15) is 9.90 Å². The maximum Gasteiger partial charge on any atom is 0.159 e. The second-order valence-electron chi connectivity index (χ2n) is 6.26. The Kier molecular flexibility index (Phi) is 5.66. The van der Waals surface area contributed by atoms with Crippen molar-refractivity contribution in [3.05, 3.63) is 52.2 Å². The van der Waals surface area contributed by atoms with Crippen LogP contribution in [0.15, 0.2) is 41.1 Å². The Morgan fingerprint density at radius 1 is 1.46 bits per heavy atom. The molecule has 1 aromatic heterocycles. The van der Waals surface area contributed by atoms with Gasteiger partial charge in [-0.05, 0) is 60.8 Å². The van der Waals surface area contributed by atoms with Crippen molar-refractivity contribution < 1.29 is 14.6 Å². The first kappa shape index (κ1) is 17.1. The van der Waals surface area contributed by atoms with Crippen LogP contribution in [0.3, 0.4) is 0 Å². The standard InChI is InChI=1S/C19H23NO3S/c1-14(21)15-4-2-5-18(10-15)23-12-17(22)11-20-8-3-6-19(20)16-7-9-24-13-16/h2,4-5,7,9-10,13,17,19,22H,3,6,8,11-12H2,1H3/t17-,19+/m0/s1. The molecule has 1 aliphatic rings. The normalized spacial score (nSPS) is 19.3. The Hall–Kier alpha value is -1.69. The van der Waals surface area contributed by atoms with Gasteiger partial charge < -0.3 is 9.84 Å². The molecule has 1 aromatic carbocycles. The maximum absolute atomic E-state index is 11.4. The van der Waals surface area contributed by atoms with E-state index in [0.29, 0.717) is 23.9 Å². The first-order valence-corrected chi connectivity index (χ1v) is 9.26. The Balaban J connectivity index is 1.53. The van der Waals surface area contributed by atoms with Crippen LogP contribution in [0.5, 0.6) is 5.75 Å². The van der Waals surface area contributed by atoms with Crippen LogP contribution in [-0.2, 0) is 0 Å². The van der Waals surface area contributed by atoms with Crippen molar-refractivity contribution in [3.63, 3.8) is 0 Å². The minimum Gasteiger partial charge on any atom is -0.491 e. The highest BCUT2D eigenvalue weighted by Gasteiger charge is 2.27. The number of ether oxygens (including phenoxy) is 1. The molecule has 0 bridgehead atoms. The van der Waals surface area contributed by atoms with Gasteiger partial charge in [-0.1, -0.05) is 12.1 Å². The number of carbonyl (C=O) groups excluding carboxylic acids is 1. The van der Waals surface area contributed by atoms with Crippen LogP contribution >= 0.6 is 11.3 Å². The van der Waals surface area contributed by atoms with E-state index >= 15 is 0 Å². The molecule has 0 saturated carbocycles. The molecule has 0 unspecified atom stereocenters. The number of likely N-dealkylation sites (tertiary alicyclic amines) is 1. The van der Waals surface area contributed by atoms with Crippen molar-refractivity contribution in [2.24, 2.45) is 0 Å². The average Bonchev–Trinajstić information content (AvgIpc) is 3.24. The topological polar surface area (TPSA) is 49.8 Å². The van der Waals surface area contributed by atoms with E-state index < -0.39 is 6.10 Å². The summed E-state index contributed by atoms with van der Waals surface area (Å²) in [5.74, 6) is 0.634. The van der Waals surface area contributed by atoms with E-state index in [2.05, 4.69) is 21.7 Å². The lowest BCUT2D eigenvalue weighted by atomic mass is 10.1. The van der Waals surface area contributed by atoms with E-state index in [0.717, 1.165) is 19.4 Å². The first-order chi connectivity index (χ1) is 11.6. The zero-order valence-electron chi connectivity index (χ0n) is 13.9. The van der Waals surface area contributed by atoms with Crippen molar-refractivity contribution in [2.75, 3.05) is 19.7 Å². The van der Waals surface area contributed by atoms with Gasteiger partial charge in [0.25, 0.3) is 0 Å². The van der Waals surface area contributed by atoms with Gasteiger partial charge in [0.15, 0.2) is 5.78 Å². The third kappa shape index (κ3) is 4.23. The van der Waals surface area contributed by atoms with Crippen LogP contribution in [-0.4, -0.2) is 41.6 Å². The fourth-order valence-corrected chi connectivity index (χ4v) is 3.91. The highest BCUT2D eigenvalue weighted by Crippen LogP contribution is 2.32. The second kappa shape index (κ2) is 7.92. The number of β-amino-alcohol motifs (C(OH)–C–C–N with tert-alkyl or cyclic N) is 1. The number of hydrogen-bond donors (Lipinski definition) is 1. The van der Waals surface area contributed by atoms with Gasteiger partial charge in [-0.2, -0.15) is 11.3 Å². The Labute approximate surface area is 146 Å². The average molecular weight is 345 g/mol. The second-order valence-corrected chi connectivity index (χ2v) is 7.04. The van der Waals surface area contributed by atoms with Crippen molar-refractivity contribution in [3.8, 4) is 5.75 Å². The van der Waals surface area contributed by atoms with E-state index in [1.54, 1.807) is 29.5 Å². The van der Waals surface area contributed by atoms with Crippen molar-refractivity contribution in [2.45, 2.75) is 31.9 Å². The van der Waals surface area contributed by atoms with Gasteiger partial charge in [-0.15, -0.1) is 0 Å². The lowest BCUT2D eigenvalue weighted by molar-refractivity contribution is 0.0639. The summed E-state index contributed by atoms with van der Waals surface area (Å²) >= 11 is 1.72. The predicted molar refractivity (Wildman–Crippen MR) is 95.8 cm³/mol. The molecule has 1 fully saturated rings. The monoisotopic (exact) mass is 345 g/mol. The summed E-state index contributed by atoms with van der Waals surface area (Å²) in [6.07, 6.45) is 1.75. The highest BCUT2D eigenvalue weighted by atomic mass is 32.1. The summed E-state index contributed by atoms with van der Waals surface area (Å²) in [6, 6.07) is 9.67. The van der Waals surface area contributed by atoms with Gasteiger partial charge in [-0.25, -0.2) is 0 Å². The number of Topliss-reactive ketones (excluding diaryl/α,β-unsaturated/α-hetero) is 1. The van der Waals surface area contributed by atoms with Crippen LogP contribution in [0.4, 0.5) is 0 Å². The van der Waals surface area contributed by atoms with E-state index in [4.69, 9.17) is 4.74 Å². The number of aliphatic hydroxyl groups excluding tert-OH is 1. The fourth-order valence-electron chi connectivity index (χ4n) is 3.21. The molecule has 0 aliphatic carbocycles. The number of thiophene rings is 1. The minimum absolute atomic E-state index is 0.0108. The molecule has 2 aromatic rings. The number of benzene rings is 1. The molecule has 0 amide bonds. The van der Waals surface area contributed by atoms with Crippen molar-refractivity contribution in [1.82, 2.24) is 4.90 Å². The van der Waals surface area contributed by atoms with Crippen molar-refractivity contribution in [1.29, 1.82) is 0 Å². The van der Waals surface area contributed by atoms with Gasteiger partial charge in [0.2, 0.25) is 0 Å². The van der Waals surface area contributed by atoms with Crippen LogP contribution < -0.4 is 4.74 Å². The molecule has 128 valence electrons. The molecule has 24 heavy (non-hydrogen) atoms. The van der Waals surface area contributed by atoms with Crippen molar-refractivity contribution >= 4 is 17.1 Å². The number of carbonyl (C=O) groups is 1. The Morgan fingerprint density at radius 2 is 2.33 bits per heavy atom. The lowest BCUT2D eigenvalue weighted by Crippen LogP contribution is -2.35. The number of hydrogen-bond acceptors (Lipinski definition) is 5. The van der Waals surface area contributed by atoms with Crippen LogP contribution in [0.25, 0.3) is 0 Å². The summed E-state index contributed by atoms with van der Waals surface area (Å²) < 4.78 is 5.67. The van der Waals surface area contributed by atoms with Gasteiger partial charge >= 0.3 is 0 Å². The fraction of sp³-hybridized carbons (Fsp3) is 0.421. The summed E-state index contributed by atoms with van der Waals surface area (Å²) in [5.41, 5.74) is 1.97. The van der Waals surface area contributed by atoms with E-state index in [1.165, 1.54) is 12.5 Å². The number of rotatable bonds is 7. The molecule has 0 spiro atoms. The summed E-state index contributed by atoms with van der Waals surface area (Å²) in [4.78, 5) is 13.7. The number of nitrogens with zero attached hydrogens (tertiary/aromatic N) is 1. The smallest absolute Gasteiger partial charge is 0.159 e. The van der Waals surface area contributed by atoms with Crippen LogP contribution in [0.2, 0.25) is 0 Å². The molecule has 3 rings (SSSR count). The van der Waals surface area contributed by atoms with Crippen LogP contribution in [0.1, 0.15) is 41.7 Å². The van der Waals surface area contributed by atoms with E-state index in [1.807, 2.05) is 6.07 Å². The molecule has 1 saturated heterocycles. The third-order valence-electron chi connectivity index (χ3n) is 4.42. The largest absolute Gasteiger partial charge is 0.491 e. The number of ketones is 1. The molecule has 1 N–H and O–H groups in total. The summed E-state index contributed by atoms with van der Waals surface area (Å²) in [6.45, 7) is 3.38. The minimum atomic E-state index is -0.551. The van der Waals surface area contributed by atoms with Crippen LogP contribution in [0, 0.1) is 0 Å². The predicted octanol–water partition coefficient (Wildman–Crippen LogP) is 3.53. The molecule has 4 nitrogen and oxygen atoms in total. The van der Waals surface area contributed by atoms with Gasteiger partial charge in [-0.3, -0.25) is 9.69 Å². The number of aliphatic hydroxyl groups is 1. The molecule has 2 atom stereocenters. The summed E-state index contributed by atoms with van der Waals surface area (Å²) in [7, 11) is 0. The Morgan fingerprint density at radius 3 is 3.08 bits per heavy atom. The molecule has 5 heteroatoms. The molecular formula is C19H23NO3S. The highest BCUT2D eigenvalue weighted by molar-refractivity contribution is 7.07. The van der Waals surface area contributed by atoms with Gasteiger partial charge in [0, 0.05) is 18.2 Å². The Bertz CT molecular complexity index is 671. The molecular weight excluding hydrogens is 322 g/mol. The van der Waals surface area contributed by atoms with E-state index in [-0.39, 0.29) is 12.4 Å². The zero-order chi connectivity index (χ0) is 16.9. The molecule has 2 heterocycles.